The lowest BCUT2D eigenvalue weighted by Crippen LogP contribution is -1.99. The predicted molar refractivity (Wildman–Crippen MR) is 119 cm³/mol. The first-order valence-corrected chi connectivity index (χ1v) is 10.4. The van der Waals surface area contributed by atoms with Gasteiger partial charge < -0.3 is 14.5 Å². The maximum Gasteiger partial charge on any atom is 0.141 e. The van der Waals surface area contributed by atoms with Crippen molar-refractivity contribution >= 4 is 27.5 Å². The largest absolute Gasteiger partial charge is 0.496 e. The van der Waals surface area contributed by atoms with Gasteiger partial charge in [0.25, 0.3) is 0 Å². The first-order chi connectivity index (χ1) is 14.9. The van der Waals surface area contributed by atoms with Gasteiger partial charge in [-0.25, -0.2) is 13.8 Å². The molecule has 31 heavy (non-hydrogen) atoms. The number of benzene rings is 3. The molecule has 8 heteroatoms. The SMILES string of the molecule is COc1cc(OCc2ccc(Br)cc2F)ccc1-c1cnc(-c2ccc(F)c(Cl)c2)[nH]1. The summed E-state index contributed by atoms with van der Waals surface area (Å²) < 4.78 is 39.3. The molecule has 0 aliphatic carbocycles. The second-order valence-electron chi connectivity index (χ2n) is 6.66. The summed E-state index contributed by atoms with van der Waals surface area (Å²) in [5, 5.41) is 0.0248. The van der Waals surface area contributed by atoms with E-state index in [1.807, 2.05) is 6.07 Å². The van der Waals surface area contributed by atoms with E-state index in [0.717, 1.165) is 5.56 Å². The molecular weight excluding hydrogens is 490 g/mol. The Morgan fingerprint density at radius 1 is 1.03 bits per heavy atom. The van der Waals surface area contributed by atoms with Gasteiger partial charge in [0.2, 0.25) is 0 Å². The molecule has 4 nitrogen and oxygen atoms in total. The fourth-order valence-corrected chi connectivity index (χ4v) is 3.55. The second kappa shape index (κ2) is 9.08. The standard InChI is InChI=1S/C23H16BrClF2N2O2/c1-30-22-10-16(31-12-14-2-4-15(24)9-20(14)27)5-6-17(22)21-11-28-23(29-21)13-3-7-19(26)18(25)8-13/h2-11H,12H2,1H3,(H,28,29). The molecule has 0 fully saturated rings. The lowest BCUT2D eigenvalue weighted by Gasteiger charge is -2.11. The highest BCUT2D eigenvalue weighted by molar-refractivity contribution is 9.10. The number of aromatic nitrogens is 2. The van der Waals surface area contributed by atoms with E-state index in [9.17, 15) is 8.78 Å². The topological polar surface area (TPSA) is 47.1 Å². The molecule has 0 amide bonds. The van der Waals surface area contributed by atoms with E-state index in [0.29, 0.717) is 38.6 Å². The first kappa shape index (κ1) is 21.3. The molecule has 0 aliphatic heterocycles. The summed E-state index contributed by atoms with van der Waals surface area (Å²) in [7, 11) is 1.55. The van der Waals surface area contributed by atoms with Gasteiger partial charge in [0.1, 0.15) is 35.6 Å². The smallest absolute Gasteiger partial charge is 0.141 e. The summed E-state index contributed by atoms with van der Waals surface area (Å²) >= 11 is 9.10. The number of nitrogens with zero attached hydrogens (tertiary/aromatic N) is 1. The van der Waals surface area contributed by atoms with Crippen LogP contribution in [0, 0.1) is 11.6 Å². The van der Waals surface area contributed by atoms with Gasteiger partial charge in [-0.1, -0.05) is 33.6 Å². The molecule has 4 rings (SSSR count). The van der Waals surface area contributed by atoms with Crippen LogP contribution in [0.2, 0.25) is 5.02 Å². The highest BCUT2D eigenvalue weighted by atomic mass is 79.9. The Labute approximate surface area is 190 Å². The van der Waals surface area contributed by atoms with Gasteiger partial charge in [-0.15, -0.1) is 0 Å². The van der Waals surface area contributed by atoms with Crippen molar-refractivity contribution in [2.45, 2.75) is 6.61 Å². The van der Waals surface area contributed by atoms with Gasteiger partial charge in [0.15, 0.2) is 0 Å². The Balaban J connectivity index is 1.55. The van der Waals surface area contributed by atoms with E-state index >= 15 is 0 Å². The maximum absolute atomic E-state index is 14.0. The van der Waals surface area contributed by atoms with Gasteiger partial charge >= 0.3 is 0 Å². The fourth-order valence-electron chi connectivity index (χ4n) is 3.03. The number of methoxy groups -OCH3 is 1. The van der Waals surface area contributed by atoms with Crippen molar-refractivity contribution in [2.24, 2.45) is 0 Å². The number of imidazole rings is 1. The van der Waals surface area contributed by atoms with E-state index < -0.39 is 5.82 Å². The number of ether oxygens (including phenoxy) is 2. The summed E-state index contributed by atoms with van der Waals surface area (Å²) in [6, 6.07) is 14.5. The summed E-state index contributed by atoms with van der Waals surface area (Å²) in [5.74, 6) is 0.806. The van der Waals surface area contributed by atoms with E-state index in [1.54, 1.807) is 43.6 Å². The highest BCUT2D eigenvalue weighted by Gasteiger charge is 2.13. The van der Waals surface area contributed by atoms with Crippen LogP contribution in [0.3, 0.4) is 0 Å². The number of H-pyrrole nitrogens is 1. The third-order valence-electron chi connectivity index (χ3n) is 4.64. The lowest BCUT2D eigenvalue weighted by molar-refractivity contribution is 0.297. The molecule has 0 radical (unpaired) electrons. The molecule has 0 saturated heterocycles. The highest BCUT2D eigenvalue weighted by Crippen LogP contribution is 2.34. The van der Waals surface area contributed by atoms with Crippen LogP contribution in [-0.2, 0) is 6.61 Å². The van der Waals surface area contributed by atoms with Crippen molar-refractivity contribution in [3.63, 3.8) is 0 Å². The van der Waals surface area contributed by atoms with Crippen LogP contribution in [0.4, 0.5) is 8.78 Å². The van der Waals surface area contributed by atoms with E-state index in [4.69, 9.17) is 21.1 Å². The third-order valence-corrected chi connectivity index (χ3v) is 5.42. The minimum Gasteiger partial charge on any atom is -0.496 e. The molecule has 0 spiro atoms. The van der Waals surface area contributed by atoms with Gasteiger partial charge in [0.05, 0.1) is 24.0 Å². The number of aromatic amines is 1. The molecule has 0 atom stereocenters. The number of nitrogens with one attached hydrogen (secondary N) is 1. The van der Waals surface area contributed by atoms with Crippen LogP contribution in [0.5, 0.6) is 11.5 Å². The van der Waals surface area contributed by atoms with Crippen LogP contribution < -0.4 is 9.47 Å². The van der Waals surface area contributed by atoms with Gasteiger partial charge in [-0.3, -0.25) is 0 Å². The average molecular weight is 506 g/mol. The molecule has 0 saturated carbocycles. The van der Waals surface area contributed by atoms with Crippen molar-refractivity contribution < 1.29 is 18.3 Å². The van der Waals surface area contributed by atoms with Gasteiger partial charge in [-0.05, 0) is 42.5 Å². The molecular formula is C23H16BrClF2N2O2. The summed E-state index contributed by atoms with van der Waals surface area (Å²) in [6.07, 6.45) is 1.65. The van der Waals surface area contributed by atoms with Crippen LogP contribution in [0.15, 0.2) is 65.3 Å². The molecule has 158 valence electrons. The quantitative estimate of drug-likeness (QED) is 0.306. The summed E-state index contributed by atoms with van der Waals surface area (Å²) in [4.78, 5) is 7.55. The minimum absolute atomic E-state index is 0.0248. The third kappa shape index (κ3) is 4.73. The fraction of sp³-hybridized carbons (Fsp3) is 0.0870. The van der Waals surface area contributed by atoms with Crippen molar-refractivity contribution in [2.75, 3.05) is 7.11 Å². The maximum atomic E-state index is 14.0. The monoisotopic (exact) mass is 504 g/mol. The summed E-state index contributed by atoms with van der Waals surface area (Å²) in [5.41, 5.74) is 2.57. The van der Waals surface area contributed by atoms with Crippen LogP contribution in [0.1, 0.15) is 5.56 Å². The normalized spacial score (nSPS) is 10.9. The Bertz CT molecular complexity index is 1250. The van der Waals surface area contributed by atoms with Crippen LogP contribution in [-0.4, -0.2) is 17.1 Å². The van der Waals surface area contributed by atoms with Gasteiger partial charge in [-0.2, -0.15) is 0 Å². The Morgan fingerprint density at radius 2 is 1.87 bits per heavy atom. The number of rotatable bonds is 6. The first-order valence-electron chi connectivity index (χ1n) is 9.20. The molecule has 3 aromatic carbocycles. The second-order valence-corrected chi connectivity index (χ2v) is 7.98. The van der Waals surface area contributed by atoms with E-state index in [-0.39, 0.29) is 17.4 Å². The summed E-state index contributed by atoms with van der Waals surface area (Å²) in [6.45, 7) is 0.0845. The molecule has 0 aliphatic rings. The number of halogens is 4. The molecule has 1 heterocycles. The molecule has 4 aromatic rings. The average Bonchev–Trinajstić information content (AvgIpc) is 3.25. The van der Waals surface area contributed by atoms with E-state index in [1.165, 1.54) is 18.2 Å². The molecule has 0 unspecified atom stereocenters. The van der Waals surface area contributed by atoms with Crippen molar-refractivity contribution in [1.29, 1.82) is 0 Å². The van der Waals surface area contributed by atoms with Crippen molar-refractivity contribution in [3.8, 4) is 34.1 Å². The molecule has 1 N–H and O–H groups in total. The predicted octanol–water partition coefficient (Wildman–Crippen LogP) is 7.03. The zero-order chi connectivity index (χ0) is 22.0. The Kier molecular flexibility index (Phi) is 6.25. The zero-order valence-corrected chi connectivity index (χ0v) is 18.6. The van der Waals surface area contributed by atoms with Crippen LogP contribution >= 0.6 is 27.5 Å². The number of hydrogen-bond acceptors (Lipinski definition) is 3. The molecule has 1 aromatic heterocycles. The van der Waals surface area contributed by atoms with E-state index in [2.05, 4.69) is 25.9 Å². The molecule has 0 bridgehead atoms. The lowest BCUT2D eigenvalue weighted by atomic mass is 10.1. The van der Waals surface area contributed by atoms with Crippen molar-refractivity contribution in [3.05, 3.63) is 87.5 Å². The zero-order valence-electron chi connectivity index (χ0n) is 16.3. The van der Waals surface area contributed by atoms with Crippen LogP contribution in [0.25, 0.3) is 22.6 Å². The number of hydrogen-bond donors (Lipinski definition) is 1. The van der Waals surface area contributed by atoms with Gasteiger partial charge in [0, 0.05) is 27.2 Å². The Hall–Kier alpha value is -2.90. The minimum atomic E-state index is -0.488. The Morgan fingerprint density at radius 3 is 2.61 bits per heavy atom. The van der Waals surface area contributed by atoms with Crippen molar-refractivity contribution in [1.82, 2.24) is 9.97 Å².